The topological polar surface area (TPSA) is 104 Å². The summed E-state index contributed by atoms with van der Waals surface area (Å²) < 4.78 is 24.7. The molecule has 7 heteroatoms. The molecule has 0 radical (unpaired) electrons. The van der Waals surface area contributed by atoms with Crippen LogP contribution in [0.5, 0.6) is 0 Å². The summed E-state index contributed by atoms with van der Waals surface area (Å²) in [5.41, 5.74) is 3.94. The summed E-state index contributed by atoms with van der Waals surface area (Å²) in [7, 11) is 0. The quantitative estimate of drug-likeness (QED) is 0.833. The second-order valence-electron chi connectivity index (χ2n) is 5.77. The van der Waals surface area contributed by atoms with E-state index < -0.39 is 28.5 Å². The maximum absolute atomic E-state index is 13.3. The van der Waals surface area contributed by atoms with Gasteiger partial charge in [0.1, 0.15) is 17.1 Å². The highest BCUT2D eigenvalue weighted by atomic mass is 19.1. The average Bonchev–Trinajstić information content (AvgIpc) is 3.15. The number of rotatable bonds is 5. The largest absolute Gasteiger partial charge is 0.386 e. The predicted molar refractivity (Wildman–Crippen MR) is 82.8 cm³/mol. The van der Waals surface area contributed by atoms with Gasteiger partial charge in [0.2, 0.25) is 0 Å². The van der Waals surface area contributed by atoms with E-state index in [1.165, 1.54) is 12.1 Å². The van der Waals surface area contributed by atoms with Crippen molar-refractivity contribution in [1.29, 1.82) is 10.5 Å². The lowest BCUT2D eigenvalue weighted by Gasteiger charge is -2.31. The Bertz CT molecular complexity index is 773. The van der Waals surface area contributed by atoms with E-state index in [0.717, 1.165) is 0 Å². The lowest BCUT2D eigenvalue weighted by molar-refractivity contribution is -0.255. The van der Waals surface area contributed by atoms with Crippen molar-refractivity contribution in [2.24, 2.45) is 21.6 Å². The number of fused-ring (bicyclic) bond motifs is 1. The van der Waals surface area contributed by atoms with Gasteiger partial charge in [-0.2, -0.15) is 10.5 Å². The molecule has 0 amide bonds. The van der Waals surface area contributed by atoms with Crippen LogP contribution >= 0.6 is 0 Å². The second-order valence-corrected chi connectivity index (χ2v) is 5.77. The van der Waals surface area contributed by atoms with Gasteiger partial charge in [0.05, 0.1) is 12.1 Å². The number of hydrogen-bond donors (Lipinski definition) is 1. The summed E-state index contributed by atoms with van der Waals surface area (Å²) >= 11 is 0. The number of benzene rings is 1. The molecule has 0 saturated heterocycles. The molecular formula is C17H17FN4O2. The SMILES string of the molecule is CCOC1(OCC)N=C(N)[C@]2(C#N)[C@@H](c3ccc(F)cc3)[C@]12C#N. The molecule has 24 heavy (non-hydrogen) atoms. The van der Waals surface area contributed by atoms with Crippen molar-refractivity contribution in [3.8, 4) is 12.1 Å². The molecule has 0 bridgehead atoms. The normalized spacial score (nSPS) is 32.4. The zero-order valence-corrected chi connectivity index (χ0v) is 13.4. The third kappa shape index (κ3) is 1.61. The minimum absolute atomic E-state index is 0.0165. The molecule has 1 heterocycles. The number of hydrogen-bond acceptors (Lipinski definition) is 6. The fraction of sp³-hybridized carbons (Fsp3) is 0.471. The Morgan fingerprint density at radius 3 is 2.21 bits per heavy atom. The standard InChI is InChI=1S/C17H17FN4O2/c1-3-23-17(24-4-2)16(10-20)13(11-5-7-12(18)8-6-11)15(16,9-19)14(21)22-17/h5-8,13H,3-4H2,1-2H3,(H2,21,22)/t13-,15+,16+/m1/s1. The van der Waals surface area contributed by atoms with Gasteiger partial charge >= 0.3 is 0 Å². The highest BCUT2D eigenvalue weighted by molar-refractivity contribution is 6.00. The molecule has 1 aliphatic heterocycles. The van der Waals surface area contributed by atoms with Crippen LogP contribution < -0.4 is 5.73 Å². The van der Waals surface area contributed by atoms with Crippen LogP contribution in [0, 0.1) is 39.3 Å². The molecule has 3 atom stereocenters. The van der Waals surface area contributed by atoms with Crippen molar-refractivity contribution >= 4 is 5.84 Å². The molecule has 1 fully saturated rings. The van der Waals surface area contributed by atoms with Crippen LogP contribution in [0.25, 0.3) is 0 Å². The summed E-state index contributed by atoms with van der Waals surface area (Å²) in [5.74, 6) is -2.62. The number of nitrogens with two attached hydrogens (primary N) is 1. The van der Waals surface area contributed by atoms with Gasteiger partial charge in [-0.3, -0.25) is 0 Å². The molecule has 1 aromatic rings. The third-order valence-electron chi connectivity index (χ3n) is 4.81. The summed E-state index contributed by atoms with van der Waals surface area (Å²) in [6, 6.07) is 10.0. The van der Waals surface area contributed by atoms with E-state index >= 15 is 0 Å². The van der Waals surface area contributed by atoms with Crippen LogP contribution in [0.15, 0.2) is 29.3 Å². The molecule has 0 aromatic heterocycles. The first kappa shape index (κ1) is 16.4. The van der Waals surface area contributed by atoms with Gasteiger partial charge in [-0.15, -0.1) is 0 Å². The number of ether oxygens (including phenoxy) is 2. The Balaban J connectivity index is 2.21. The number of halogens is 1. The zero-order valence-electron chi connectivity index (χ0n) is 13.4. The Hall–Kier alpha value is -2.48. The van der Waals surface area contributed by atoms with Gasteiger partial charge in [-0.05, 0) is 31.5 Å². The smallest absolute Gasteiger partial charge is 0.293 e. The van der Waals surface area contributed by atoms with Gasteiger partial charge in [0.25, 0.3) is 5.91 Å². The van der Waals surface area contributed by atoms with Gasteiger partial charge < -0.3 is 15.2 Å². The highest BCUT2D eigenvalue weighted by Crippen LogP contribution is 2.81. The monoisotopic (exact) mass is 328 g/mol. The van der Waals surface area contributed by atoms with E-state index in [4.69, 9.17) is 15.2 Å². The first-order chi connectivity index (χ1) is 11.5. The highest BCUT2D eigenvalue weighted by Gasteiger charge is 2.93. The first-order valence-electron chi connectivity index (χ1n) is 7.71. The molecule has 124 valence electrons. The van der Waals surface area contributed by atoms with E-state index in [-0.39, 0.29) is 19.0 Å². The summed E-state index contributed by atoms with van der Waals surface area (Å²) in [5, 5.41) is 19.8. The van der Waals surface area contributed by atoms with Gasteiger partial charge in [0, 0.05) is 19.1 Å². The van der Waals surface area contributed by atoms with Gasteiger partial charge in [0.15, 0.2) is 5.41 Å². The maximum atomic E-state index is 13.3. The van der Waals surface area contributed by atoms with E-state index in [9.17, 15) is 14.9 Å². The molecule has 1 aliphatic carbocycles. The van der Waals surface area contributed by atoms with Crippen molar-refractivity contribution < 1.29 is 13.9 Å². The van der Waals surface area contributed by atoms with E-state index in [1.54, 1.807) is 26.0 Å². The number of nitriles is 2. The molecule has 1 saturated carbocycles. The Morgan fingerprint density at radius 2 is 1.75 bits per heavy atom. The fourth-order valence-electron chi connectivity index (χ4n) is 3.90. The molecule has 2 aliphatic rings. The van der Waals surface area contributed by atoms with E-state index in [0.29, 0.717) is 5.56 Å². The van der Waals surface area contributed by atoms with Crippen molar-refractivity contribution in [1.82, 2.24) is 0 Å². The van der Waals surface area contributed by atoms with Crippen molar-refractivity contribution in [3.05, 3.63) is 35.6 Å². The molecule has 0 spiro atoms. The molecule has 6 nitrogen and oxygen atoms in total. The second kappa shape index (κ2) is 5.27. The van der Waals surface area contributed by atoms with Crippen LogP contribution in [0.1, 0.15) is 25.3 Å². The fourth-order valence-corrected chi connectivity index (χ4v) is 3.90. The Kier molecular flexibility index (Phi) is 3.60. The Labute approximate surface area is 139 Å². The van der Waals surface area contributed by atoms with Crippen LogP contribution in [0.4, 0.5) is 4.39 Å². The van der Waals surface area contributed by atoms with Crippen LogP contribution in [-0.2, 0) is 9.47 Å². The molecule has 1 aromatic carbocycles. The van der Waals surface area contributed by atoms with Crippen LogP contribution in [-0.4, -0.2) is 25.0 Å². The Morgan fingerprint density at radius 1 is 1.17 bits per heavy atom. The van der Waals surface area contributed by atoms with Crippen molar-refractivity contribution in [2.45, 2.75) is 25.7 Å². The average molecular weight is 328 g/mol. The van der Waals surface area contributed by atoms with E-state index in [2.05, 4.69) is 17.1 Å². The number of aliphatic imine (C=N–C) groups is 1. The summed E-state index contributed by atoms with van der Waals surface area (Å²) in [6.07, 6.45) is 0. The van der Waals surface area contributed by atoms with E-state index in [1.807, 2.05) is 0 Å². The maximum Gasteiger partial charge on any atom is 0.293 e. The summed E-state index contributed by atoms with van der Waals surface area (Å²) in [4.78, 5) is 4.24. The van der Waals surface area contributed by atoms with Crippen molar-refractivity contribution in [2.75, 3.05) is 13.2 Å². The number of nitrogens with zero attached hydrogens (tertiary/aromatic N) is 3. The third-order valence-corrected chi connectivity index (χ3v) is 4.81. The number of amidine groups is 1. The molecule has 0 unspecified atom stereocenters. The minimum atomic E-state index is -1.63. The predicted octanol–water partition coefficient (Wildman–Crippen LogP) is 2.04. The van der Waals surface area contributed by atoms with Gasteiger partial charge in [-0.1, -0.05) is 12.1 Å². The van der Waals surface area contributed by atoms with Crippen LogP contribution in [0.2, 0.25) is 0 Å². The van der Waals surface area contributed by atoms with Crippen molar-refractivity contribution in [3.63, 3.8) is 0 Å². The van der Waals surface area contributed by atoms with Crippen LogP contribution in [0.3, 0.4) is 0 Å². The van der Waals surface area contributed by atoms with Gasteiger partial charge in [-0.25, -0.2) is 9.38 Å². The zero-order chi connectivity index (χ0) is 17.6. The molecule has 3 rings (SSSR count). The lowest BCUT2D eigenvalue weighted by Crippen LogP contribution is -2.43. The first-order valence-corrected chi connectivity index (χ1v) is 7.71. The molecular weight excluding hydrogens is 311 g/mol. The lowest BCUT2D eigenvalue weighted by atomic mass is 9.93. The molecule has 2 N–H and O–H groups in total. The summed E-state index contributed by atoms with van der Waals surface area (Å²) in [6.45, 7) is 3.97. The minimum Gasteiger partial charge on any atom is -0.386 e.